The van der Waals surface area contributed by atoms with Gasteiger partial charge in [0.05, 0.1) is 18.4 Å². The predicted molar refractivity (Wildman–Crippen MR) is 97.4 cm³/mol. The van der Waals surface area contributed by atoms with Crippen molar-refractivity contribution < 1.29 is 18.7 Å². The zero-order chi connectivity index (χ0) is 19.2. The molecule has 27 heavy (non-hydrogen) atoms. The first-order chi connectivity index (χ1) is 13.1. The molecular formula is C19H15FN4O3. The molecule has 0 saturated carbocycles. The molecular weight excluding hydrogens is 351 g/mol. The van der Waals surface area contributed by atoms with Gasteiger partial charge in [-0.1, -0.05) is 12.1 Å². The number of hydrogen-bond donors (Lipinski definition) is 2. The van der Waals surface area contributed by atoms with Crippen molar-refractivity contribution in [3.63, 3.8) is 0 Å². The SMILES string of the molecule is COC(=O)c1ccc(NC(=O)c2ccc(Nc3ccccc3F)nn2)cc1. The quantitative estimate of drug-likeness (QED) is 0.672. The molecule has 7 nitrogen and oxygen atoms in total. The number of benzene rings is 2. The van der Waals surface area contributed by atoms with Crippen molar-refractivity contribution >= 4 is 29.1 Å². The molecule has 0 aliphatic carbocycles. The van der Waals surface area contributed by atoms with Crippen LogP contribution >= 0.6 is 0 Å². The number of nitrogens with one attached hydrogen (secondary N) is 2. The van der Waals surface area contributed by atoms with Gasteiger partial charge in [-0.2, -0.15) is 0 Å². The summed E-state index contributed by atoms with van der Waals surface area (Å²) >= 11 is 0. The van der Waals surface area contributed by atoms with Crippen LogP contribution in [0.3, 0.4) is 0 Å². The molecule has 0 aliphatic heterocycles. The fourth-order valence-electron chi connectivity index (χ4n) is 2.22. The smallest absolute Gasteiger partial charge is 0.337 e. The highest BCUT2D eigenvalue weighted by Crippen LogP contribution is 2.17. The van der Waals surface area contributed by atoms with Gasteiger partial charge < -0.3 is 15.4 Å². The molecule has 3 aromatic rings. The van der Waals surface area contributed by atoms with Gasteiger partial charge in [0.25, 0.3) is 5.91 Å². The van der Waals surface area contributed by atoms with E-state index in [2.05, 4.69) is 25.6 Å². The zero-order valence-electron chi connectivity index (χ0n) is 14.3. The maximum absolute atomic E-state index is 13.6. The first-order valence-corrected chi connectivity index (χ1v) is 7.92. The maximum Gasteiger partial charge on any atom is 0.337 e. The molecule has 2 N–H and O–H groups in total. The van der Waals surface area contributed by atoms with Crippen LogP contribution in [0.2, 0.25) is 0 Å². The number of ether oxygens (including phenoxy) is 1. The molecule has 1 amide bonds. The lowest BCUT2D eigenvalue weighted by molar-refractivity contribution is 0.0600. The molecule has 8 heteroatoms. The first-order valence-electron chi connectivity index (χ1n) is 7.92. The van der Waals surface area contributed by atoms with E-state index >= 15 is 0 Å². The fraction of sp³-hybridized carbons (Fsp3) is 0.0526. The summed E-state index contributed by atoms with van der Waals surface area (Å²) in [6.07, 6.45) is 0. The molecule has 2 aromatic carbocycles. The van der Waals surface area contributed by atoms with Crippen molar-refractivity contribution in [2.45, 2.75) is 0 Å². The molecule has 0 atom stereocenters. The van der Waals surface area contributed by atoms with Crippen LogP contribution in [0.15, 0.2) is 60.7 Å². The van der Waals surface area contributed by atoms with Gasteiger partial charge in [0.1, 0.15) is 5.82 Å². The van der Waals surface area contributed by atoms with E-state index in [-0.39, 0.29) is 11.4 Å². The summed E-state index contributed by atoms with van der Waals surface area (Å²) in [6.45, 7) is 0. The van der Waals surface area contributed by atoms with Gasteiger partial charge in [-0.05, 0) is 48.5 Å². The van der Waals surface area contributed by atoms with E-state index in [9.17, 15) is 14.0 Å². The summed E-state index contributed by atoms with van der Waals surface area (Å²) in [5, 5.41) is 13.1. The third kappa shape index (κ3) is 4.43. The Morgan fingerprint density at radius 3 is 2.33 bits per heavy atom. The van der Waals surface area contributed by atoms with E-state index in [1.54, 1.807) is 30.3 Å². The number of methoxy groups -OCH3 is 1. The maximum atomic E-state index is 13.6. The molecule has 0 aliphatic rings. The lowest BCUT2D eigenvalue weighted by Crippen LogP contribution is -2.14. The molecule has 0 unspecified atom stereocenters. The minimum absolute atomic E-state index is 0.0890. The van der Waals surface area contributed by atoms with Gasteiger partial charge in [-0.3, -0.25) is 4.79 Å². The van der Waals surface area contributed by atoms with Gasteiger partial charge in [0.2, 0.25) is 0 Å². The van der Waals surface area contributed by atoms with E-state index in [0.717, 1.165) is 0 Å². The summed E-state index contributed by atoms with van der Waals surface area (Å²) in [6, 6.07) is 15.4. The Morgan fingerprint density at radius 1 is 0.963 bits per heavy atom. The summed E-state index contributed by atoms with van der Waals surface area (Å²) in [5.74, 6) is -1.04. The number of amides is 1. The second-order valence-corrected chi connectivity index (χ2v) is 5.43. The molecule has 0 fully saturated rings. The third-order valence-electron chi connectivity index (χ3n) is 3.60. The second kappa shape index (κ2) is 8.05. The van der Waals surface area contributed by atoms with Gasteiger partial charge in [-0.25, -0.2) is 9.18 Å². The van der Waals surface area contributed by atoms with Crippen LogP contribution in [0.25, 0.3) is 0 Å². The van der Waals surface area contributed by atoms with E-state index in [0.29, 0.717) is 17.1 Å². The Kier molecular flexibility index (Phi) is 5.36. The number of hydrogen-bond acceptors (Lipinski definition) is 6. The highest BCUT2D eigenvalue weighted by Gasteiger charge is 2.11. The summed E-state index contributed by atoms with van der Waals surface area (Å²) in [4.78, 5) is 23.6. The van der Waals surface area contributed by atoms with Crippen LogP contribution in [0.1, 0.15) is 20.8 Å². The van der Waals surface area contributed by atoms with Gasteiger partial charge >= 0.3 is 5.97 Å². The molecule has 0 bridgehead atoms. The Hall–Kier alpha value is -3.81. The standard InChI is InChI=1S/C19H15FN4O3/c1-27-19(26)12-6-8-13(9-7-12)21-18(25)16-10-11-17(24-23-16)22-15-5-3-2-4-14(15)20/h2-11H,1H3,(H,21,25)(H,22,24). The Bertz CT molecular complexity index is 959. The average Bonchev–Trinajstić information content (AvgIpc) is 2.70. The molecule has 3 rings (SSSR count). The van der Waals surface area contributed by atoms with Crippen LogP contribution in [-0.2, 0) is 4.74 Å². The average molecular weight is 366 g/mol. The lowest BCUT2D eigenvalue weighted by atomic mass is 10.2. The number of halogens is 1. The molecule has 0 radical (unpaired) electrons. The van der Waals surface area contributed by atoms with Crippen molar-refractivity contribution in [3.8, 4) is 0 Å². The Labute approximate surface area is 154 Å². The minimum atomic E-state index is -0.467. The van der Waals surface area contributed by atoms with Crippen LogP contribution in [0.5, 0.6) is 0 Å². The van der Waals surface area contributed by atoms with Gasteiger partial charge in [0.15, 0.2) is 11.5 Å². The number of anilines is 3. The Morgan fingerprint density at radius 2 is 1.70 bits per heavy atom. The normalized spacial score (nSPS) is 10.1. The second-order valence-electron chi connectivity index (χ2n) is 5.43. The summed E-state index contributed by atoms with van der Waals surface area (Å²) in [7, 11) is 1.29. The predicted octanol–water partition coefficient (Wildman–Crippen LogP) is 3.40. The van der Waals surface area contributed by atoms with E-state index in [4.69, 9.17) is 0 Å². The van der Waals surface area contributed by atoms with Crippen molar-refractivity contribution in [1.29, 1.82) is 0 Å². The first kappa shape index (κ1) is 18.0. The van der Waals surface area contributed by atoms with E-state index in [1.165, 1.54) is 37.4 Å². The van der Waals surface area contributed by atoms with Crippen molar-refractivity contribution in [3.05, 3.63) is 77.7 Å². The zero-order valence-corrected chi connectivity index (χ0v) is 14.3. The number of para-hydroxylation sites is 1. The number of carbonyl (C=O) groups excluding carboxylic acids is 2. The van der Waals surface area contributed by atoms with E-state index in [1.807, 2.05) is 0 Å². The highest BCUT2D eigenvalue weighted by molar-refractivity contribution is 6.03. The van der Waals surface area contributed by atoms with Crippen molar-refractivity contribution in [2.75, 3.05) is 17.7 Å². The van der Waals surface area contributed by atoms with Crippen LogP contribution < -0.4 is 10.6 Å². The molecule has 1 heterocycles. The highest BCUT2D eigenvalue weighted by atomic mass is 19.1. The van der Waals surface area contributed by atoms with Gasteiger partial charge in [0, 0.05) is 5.69 Å². The molecule has 136 valence electrons. The monoisotopic (exact) mass is 366 g/mol. The summed E-state index contributed by atoms with van der Waals surface area (Å²) < 4.78 is 18.2. The summed E-state index contributed by atoms with van der Waals surface area (Å²) in [5.41, 5.74) is 1.21. The molecule has 0 spiro atoms. The number of carbonyl (C=O) groups is 2. The van der Waals surface area contributed by atoms with E-state index < -0.39 is 17.7 Å². The van der Waals surface area contributed by atoms with Gasteiger partial charge in [-0.15, -0.1) is 10.2 Å². The van der Waals surface area contributed by atoms with Crippen molar-refractivity contribution in [1.82, 2.24) is 10.2 Å². The third-order valence-corrected chi connectivity index (χ3v) is 3.60. The largest absolute Gasteiger partial charge is 0.465 e. The number of rotatable bonds is 5. The number of aromatic nitrogens is 2. The lowest BCUT2D eigenvalue weighted by Gasteiger charge is -2.07. The number of nitrogens with zero attached hydrogens (tertiary/aromatic N) is 2. The Balaban J connectivity index is 1.65. The number of esters is 1. The minimum Gasteiger partial charge on any atom is -0.465 e. The van der Waals surface area contributed by atoms with Crippen molar-refractivity contribution in [2.24, 2.45) is 0 Å². The van der Waals surface area contributed by atoms with Crippen LogP contribution in [0.4, 0.5) is 21.6 Å². The van der Waals surface area contributed by atoms with Crippen LogP contribution in [0, 0.1) is 5.82 Å². The fourth-order valence-corrected chi connectivity index (χ4v) is 2.22. The molecule has 0 saturated heterocycles. The molecule has 1 aromatic heterocycles. The van der Waals surface area contributed by atoms with Crippen LogP contribution in [-0.4, -0.2) is 29.2 Å². The topological polar surface area (TPSA) is 93.2 Å².